The molecule has 2 rings (SSSR count). The van der Waals surface area contributed by atoms with Crippen molar-refractivity contribution in [1.82, 2.24) is 10.2 Å². The number of hydrogen-bond acceptors (Lipinski definition) is 3. The molecule has 2 amide bonds. The van der Waals surface area contributed by atoms with Crippen molar-refractivity contribution in [1.29, 1.82) is 0 Å². The second-order valence-corrected chi connectivity index (χ2v) is 7.25. The molecular formula is C19H21ClN2O2S. The fraction of sp³-hybridized carbons (Fsp3) is 0.263. The number of rotatable bonds is 7. The molecule has 0 fully saturated rings. The molecule has 4 nitrogen and oxygen atoms in total. The Balaban J connectivity index is 2.03. The van der Waals surface area contributed by atoms with E-state index in [0.29, 0.717) is 5.02 Å². The van der Waals surface area contributed by atoms with Crippen LogP contribution in [0.3, 0.4) is 0 Å². The molecule has 25 heavy (non-hydrogen) atoms. The summed E-state index contributed by atoms with van der Waals surface area (Å²) < 4.78 is 0. The minimum Gasteiger partial charge on any atom is -0.347 e. The first-order chi connectivity index (χ1) is 12.0. The van der Waals surface area contributed by atoms with Gasteiger partial charge in [-0.05, 0) is 23.3 Å². The van der Waals surface area contributed by atoms with Crippen molar-refractivity contribution in [2.24, 2.45) is 0 Å². The Morgan fingerprint density at radius 2 is 1.64 bits per heavy atom. The number of thioether (sulfide) groups is 1. The van der Waals surface area contributed by atoms with Gasteiger partial charge in [0.15, 0.2) is 0 Å². The lowest BCUT2D eigenvalue weighted by Crippen LogP contribution is -2.37. The Morgan fingerprint density at radius 3 is 2.24 bits per heavy atom. The average molecular weight is 377 g/mol. The lowest BCUT2D eigenvalue weighted by molar-refractivity contribution is -0.130. The van der Waals surface area contributed by atoms with Crippen molar-refractivity contribution in [3.8, 4) is 0 Å². The van der Waals surface area contributed by atoms with Crippen LogP contribution in [0.5, 0.6) is 0 Å². The Hall–Kier alpha value is -1.98. The molecule has 0 radical (unpaired) electrons. The van der Waals surface area contributed by atoms with Crippen molar-refractivity contribution in [2.75, 3.05) is 26.4 Å². The lowest BCUT2D eigenvalue weighted by atomic mass is 10.0. The van der Waals surface area contributed by atoms with Crippen molar-refractivity contribution in [3.05, 3.63) is 70.7 Å². The van der Waals surface area contributed by atoms with Crippen LogP contribution in [0.2, 0.25) is 5.02 Å². The first kappa shape index (κ1) is 19.3. The van der Waals surface area contributed by atoms with Crippen LogP contribution < -0.4 is 5.32 Å². The minimum absolute atomic E-state index is 0.0172. The zero-order valence-electron chi connectivity index (χ0n) is 14.2. The molecule has 0 unspecified atom stereocenters. The average Bonchev–Trinajstić information content (AvgIpc) is 2.62. The molecule has 0 aromatic heterocycles. The number of nitrogens with zero attached hydrogens (tertiary/aromatic N) is 1. The van der Waals surface area contributed by atoms with Gasteiger partial charge in [-0.3, -0.25) is 9.59 Å². The monoisotopic (exact) mass is 376 g/mol. The second kappa shape index (κ2) is 9.49. The van der Waals surface area contributed by atoms with Crippen LogP contribution in [0.4, 0.5) is 0 Å². The maximum absolute atomic E-state index is 12.1. The molecule has 0 bridgehead atoms. The van der Waals surface area contributed by atoms with E-state index in [9.17, 15) is 9.59 Å². The van der Waals surface area contributed by atoms with Crippen LogP contribution in [0, 0.1) is 0 Å². The van der Waals surface area contributed by atoms with Crippen molar-refractivity contribution in [3.63, 3.8) is 0 Å². The molecule has 0 aliphatic rings. The molecule has 1 atom stereocenters. The van der Waals surface area contributed by atoms with Crippen molar-refractivity contribution in [2.45, 2.75) is 5.25 Å². The zero-order chi connectivity index (χ0) is 18.2. The van der Waals surface area contributed by atoms with Gasteiger partial charge in [-0.1, -0.05) is 54.1 Å². The molecule has 1 N–H and O–H groups in total. The quantitative estimate of drug-likeness (QED) is 0.806. The Kier molecular flexibility index (Phi) is 7.34. The van der Waals surface area contributed by atoms with Gasteiger partial charge in [0, 0.05) is 19.1 Å². The van der Waals surface area contributed by atoms with Crippen LogP contribution in [0.15, 0.2) is 54.6 Å². The van der Waals surface area contributed by atoms with E-state index in [1.165, 1.54) is 16.7 Å². The fourth-order valence-electron chi connectivity index (χ4n) is 2.19. The first-order valence-corrected chi connectivity index (χ1v) is 9.29. The number of carbonyl (C=O) groups excluding carboxylic acids is 2. The van der Waals surface area contributed by atoms with Gasteiger partial charge in [-0.15, -0.1) is 11.8 Å². The van der Waals surface area contributed by atoms with E-state index in [-0.39, 0.29) is 29.4 Å². The van der Waals surface area contributed by atoms with Crippen LogP contribution >= 0.6 is 23.4 Å². The molecule has 132 valence electrons. The maximum Gasteiger partial charge on any atom is 0.241 e. The minimum atomic E-state index is -0.157. The highest BCUT2D eigenvalue weighted by Crippen LogP contribution is 2.35. The van der Waals surface area contributed by atoms with Gasteiger partial charge < -0.3 is 10.2 Å². The molecule has 6 heteroatoms. The summed E-state index contributed by atoms with van der Waals surface area (Å²) in [6.07, 6.45) is 0. The fourth-order valence-corrected chi connectivity index (χ4v) is 3.44. The van der Waals surface area contributed by atoms with Crippen LogP contribution in [-0.2, 0) is 9.59 Å². The molecule has 0 spiro atoms. The first-order valence-electron chi connectivity index (χ1n) is 7.86. The van der Waals surface area contributed by atoms with E-state index in [2.05, 4.69) is 5.32 Å². The Bertz CT molecular complexity index is 705. The van der Waals surface area contributed by atoms with Gasteiger partial charge in [0.05, 0.1) is 17.5 Å². The SMILES string of the molecule is CN(C)C(=O)CNC(=O)CS[C@@H](c1ccccc1)c1ccc(Cl)cc1. The normalized spacial score (nSPS) is 11.6. The Morgan fingerprint density at radius 1 is 1.04 bits per heavy atom. The van der Waals surface area contributed by atoms with Crippen molar-refractivity contribution >= 4 is 35.2 Å². The predicted octanol–water partition coefficient (Wildman–Crippen LogP) is 3.37. The summed E-state index contributed by atoms with van der Waals surface area (Å²) in [6.45, 7) is 0.0172. The highest BCUT2D eigenvalue weighted by atomic mass is 35.5. The predicted molar refractivity (Wildman–Crippen MR) is 104 cm³/mol. The van der Waals surface area contributed by atoms with Gasteiger partial charge >= 0.3 is 0 Å². The molecule has 0 aliphatic heterocycles. The lowest BCUT2D eigenvalue weighted by Gasteiger charge is -2.18. The molecule has 0 saturated heterocycles. The summed E-state index contributed by atoms with van der Waals surface area (Å²) in [4.78, 5) is 25.1. The summed E-state index contributed by atoms with van der Waals surface area (Å²) in [7, 11) is 3.32. The van der Waals surface area contributed by atoms with Gasteiger partial charge in [-0.25, -0.2) is 0 Å². The standard InChI is InChI=1S/C19H21ClN2O2S/c1-22(2)18(24)12-21-17(23)13-25-19(14-6-4-3-5-7-14)15-8-10-16(20)11-9-15/h3-11,19H,12-13H2,1-2H3,(H,21,23)/t19-/m0/s1. The largest absolute Gasteiger partial charge is 0.347 e. The van der Waals surface area contributed by atoms with Gasteiger partial charge in [-0.2, -0.15) is 0 Å². The number of benzene rings is 2. The topological polar surface area (TPSA) is 49.4 Å². The maximum atomic E-state index is 12.1. The number of likely N-dealkylation sites (N-methyl/N-ethyl adjacent to an activating group) is 1. The summed E-state index contributed by atoms with van der Waals surface area (Å²) in [5, 5.41) is 3.36. The van der Waals surface area contributed by atoms with Crippen LogP contribution in [0.1, 0.15) is 16.4 Å². The van der Waals surface area contributed by atoms with Gasteiger partial charge in [0.1, 0.15) is 0 Å². The van der Waals surface area contributed by atoms with E-state index in [1.807, 2.05) is 54.6 Å². The summed E-state index contributed by atoms with van der Waals surface area (Å²) in [5.41, 5.74) is 2.20. The molecule has 0 aliphatic carbocycles. The van der Waals surface area contributed by atoms with E-state index >= 15 is 0 Å². The van der Waals surface area contributed by atoms with E-state index in [0.717, 1.165) is 11.1 Å². The van der Waals surface area contributed by atoms with Crippen LogP contribution in [-0.4, -0.2) is 43.1 Å². The number of amides is 2. The molecular weight excluding hydrogens is 356 g/mol. The number of hydrogen-bond donors (Lipinski definition) is 1. The van der Waals surface area contributed by atoms with E-state index < -0.39 is 0 Å². The van der Waals surface area contributed by atoms with Gasteiger partial charge in [0.25, 0.3) is 0 Å². The number of halogens is 1. The summed E-state index contributed by atoms with van der Waals surface area (Å²) in [5.74, 6) is -0.0196. The molecule has 0 saturated carbocycles. The number of nitrogens with one attached hydrogen (secondary N) is 1. The molecule has 2 aromatic carbocycles. The van der Waals surface area contributed by atoms with Gasteiger partial charge in [0.2, 0.25) is 11.8 Å². The molecule has 0 heterocycles. The van der Waals surface area contributed by atoms with E-state index in [4.69, 9.17) is 11.6 Å². The zero-order valence-corrected chi connectivity index (χ0v) is 15.8. The second-order valence-electron chi connectivity index (χ2n) is 5.72. The third-order valence-corrected chi connectivity index (χ3v) is 5.15. The van der Waals surface area contributed by atoms with Crippen LogP contribution in [0.25, 0.3) is 0 Å². The Labute approximate surface area is 157 Å². The summed E-state index contributed by atoms with van der Waals surface area (Å²) >= 11 is 7.50. The highest BCUT2D eigenvalue weighted by Gasteiger charge is 2.17. The van der Waals surface area contributed by atoms with Crippen molar-refractivity contribution < 1.29 is 9.59 Å². The summed E-state index contributed by atoms with van der Waals surface area (Å²) in [6, 6.07) is 17.7. The molecule has 2 aromatic rings. The highest BCUT2D eigenvalue weighted by molar-refractivity contribution is 8.00. The number of carbonyl (C=O) groups is 2. The smallest absolute Gasteiger partial charge is 0.241 e. The van der Waals surface area contributed by atoms with E-state index in [1.54, 1.807) is 14.1 Å². The third-order valence-electron chi connectivity index (χ3n) is 3.59. The third kappa shape index (κ3) is 6.11.